The first-order valence-corrected chi connectivity index (χ1v) is 5.18. The zero-order valence-corrected chi connectivity index (χ0v) is 9.97. The van der Waals surface area contributed by atoms with Gasteiger partial charge in [-0.3, -0.25) is 19.7 Å². The van der Waals surface area contributed by atoms with Crippen LogP contribution in [0.3, 0.4) is 0 Å². The number of hydrogen-bond donors (Lipinski definition) is 2. The molecule has 2 amide bonds. The standard InChI is InChI=1S/C11H13N3O4/c1-5(2)6-3-4-7(10(12)15)8(11(13)16)9(6)14(17)18/h3-5H,1-2H3,(H2,12,15)(H2,13,16). The second-order valence-electron chi connectivity index (χ2n) is 4.07. The molecule has 96 valence electrons. The molecule has 7 heteroatoms. The smallest absolute Gasteiger partial charge is 0.286 e. The summed E-state index contributed by atoms with van der Waals surface area (Å²) in [5.41, 5.74) is 9.40. The number of rotatable bonds is 4. The highest BCUT2D eigenvalue weighted by atomic mass is 16.6. The van der Waals surface area contributed by atoms with Gasteiger partial charge in [-0.15, -0.1) is 0 Å². The number of hydrogen-bond acceptors (Lipinski definition) is 4. The molecule has 1 aromatic carbocycles. The molecule has 0 saturated heterocycles. The second-order valence-corrected chi connectivity index (χ2v) is 4.07. The zero-order valence-electron chi connectivity index (χ0n) is 9.97. The number of benzene rings is 1. The third kappa shape index (κ3) is 2.29. The van der Waals surface area contributed by atoms with Gasteiger partial charge < -0.3 is 11.5 Å². The molecule has 0 aliphatic carbocycles. The first-order chi connectivity index (χ1) is 8.27. The predicted molar refractivity (Wildman–Crippen MR) is 64.2 cm³/mol. The molecule has 0 spiro atoms. The number of carbonyl (C=O) groups excluding carboxylic acids is 2. The molecule has 1 rings (SSSR count). The fourth-order valence-corrected chi connectivity index (χ4v) is 1.72. The fraction of sp³-hybridized carbons (Fsp3) is 0.273. The van der Waals surface area contributed by atoms with Gasteiger partial charge in [0.15, 0.2) is 0 Å². The molecular formula is C11H13N3O4. The molecule has 7 nitrogen and oxygen atoms in total. The highest BCUT2D eigenvalue weighted by Gasteiger charge is 2.29. The van der Waals surface area contributed by atoms with Crippen molar-refractivity contribution >= 4 is 17.5 Å². The summed E-state index contributed by atoms with van der Waals surface area (Å²) in [6, 6.07) is 2.69. The fourth-order valence-electron chi connectivity index (χ4n) is 1.72. The van der Waals surface area contributed by atoms with Crippen molar-refractivity contribution in [3.8, 4) is 0 Å². The van der Waals surface area contributed by atoms with Crippen molar-refractivity contribution in [2.24, 2.45) is 11.5 Å². The lowest BCUT2D eigenvalue weighted by Crippen LogP contribution is -2.23. The van der Waals surface area contributed by atoms with Crippen LogP contribution in [-0.4, -0.2) is 16.7 Å². The van der Waals surface area contributed by atoms with Gasteiger partial charge in [-0.25, -0.2) is 0 Å². The summed E-state index contributed by atoms with van der Waals surface area (Å²) in [7, 11) is 0. The Bertz CT molecular complexity index is 537. The molecule has 4 N–H and O–H groups in total. The molecule has 0 saturated carbocycles. The van der Waals surface area contributed by atoms with Crippen molar-refractivity contribution < 1.29 is 14.5 Å². The number of amides is 2. The largest absolute Gasteiger partial charge is 0.366 e. The molecule has 0 aromatic heterocycles. The zero-order chi connectivity index (χ0) is 14.0. The topological polar surface area (TPSA) is 129 Å². The summed E-state index contributed by atoms with van der Waals surface area (Å²) in [6.45, 7) is 3.47. The third-order valence-corrected chi connectivity index (χ3v) is 2.53. The molecular weight excluding hydrogens is 238 g/mol. The van der Waals surface area contributed by atoms with Crippen molar-refractivity contribution in [2.75, 3.05) is 0 Å². The van der Waals surface area contributed by atoms with Crippen molar-refractivity contribution in [2.45, 2.75) is 19.8 Å². The minimum atomic E-state index is -1.04. The quantitative estimate of drug-likeness (QED) is 0.608. The van der Waals surface area contributed by atoms with Gasteiger partial charge in [0.25, 0.3) is 11.6 Å². The predicted octanol–water partition coefficient (Wildman–Crippen LogP) is 0.916. The van der Waals surface area contributed by atoms with E-state index in [0.29, 0.717) is 5.56 Å². The maximum atomic E-state index is 11.3. The number of nitrogens with zero attached hydrogens (tertiary/aromatic N) is 1. The molecule has 0 bridgehead atoms. The number of nitro benzene ring substituents is 1. The molecule has 0 aliphatic rings. The normalized spacial score (nSPS) is 10.4. The van der Waals surface area contributed by atoms with Crippen LogP contribution in [0.5, 0.6) is 0 Å². The van der Waals surface area contributed by atoms with E-state index in [1.807, 2.05) is 0 Å². The van der Waals surface area contributed by atoms with Gasteiger partial charge in [0.2, 0.25) is 5.91 Å². The third-order valence-electron chi connectivity index (χ3n) is 2.53. The number of carbonyl (C=O) groups is 2. The lowest BCUT2D eigenvalue weighted by atomic mass is 9.94. The maximum Gasteiger partial charge on any atom is 0.286 e. The van der Waals surface area contributed by atoms with Crippen LogP contribution in [0.4, 0.5) is 5.69 Å². The minimum Gasteiger partial charge on any atom is -0.366 e. The Morgan fingerprint density at radius 2 is 1.78 bits per heavy atom. The van der Waals surface area contributed by atoms with E-state index in [2.05, 4.69) is 0 Å². The van der Waals surface area contributed by atoms with Crippen LogP contribution >= 0.6 is 0 Å². The monoisotopic (exact) mass is 251 g/mol. The summed E-state index contributed by atoms with van der Waals surface area (Å²) < 4.78 is 0. The Morgan fingerprint density at radius 1 is 1.22 bits per heavy atom. The van der Waals surface area contributed by atoms with Gasteiger partial charge in [-0.2, -0.15) is 0 Å². The van der Waals surface area contributed by atoms with Crippen molar-refractivity contribution in [3.05, 3.63) is 38.9 Å². The average molecular weight is 251 g/mol. The second kappa shape index (κ2) is 4.82. The summed E-state index contributed by atoms with van der Waals surface area (Å²) in [6.07, 6.45) is 0. The Balaban J connectivity index is 3.77. The highest BCUT2D eigenvalue weighted by Crippen LogP contribution is 2.31. The van der Waals surface area contributed by atoms with Gasteiger partial charge in [0, 0.05) is 5.56 Å². The van der Waals surface area contributed by atoms with Crippen molar-refractivity contribution in [1.82, 2.24) is 0 Å². The number of nitro groups is 1. The molecule has 1 aromatic rings. The number of primary amides is 2. The van der Waals surface area contributed by atoms with Crippen LogP contribution in [0, 0.1) is 10.1 Å². The Hall–Kier alpha value is -2.44. The lowest BCUT2D eigenvalue weighted by molar-refractivity contribution is -0.386. The lowest BCUT2D eigenvalue weighted by Gasteiger charge is -2.11. The summed E-state index contributed by atoms with van der Waals surface area (Å²) >= 11 is 0. The summed E-state index contributed by atoms with van der Waals surface area (Å²) in [4.78, 5) is 32.9. The average Bonchev–Trinajstić information content (AvgIpc) is 2.26. The first kappa shape index (κ1) is 13.6. The van der Waals surface area contributed by atoms with Crippen LogP contribution in [0.2, 0.25) is 0 Å². The molecule has 0 fully saturated rings. The minimum absolute atomic E-state index is 0.189. The Kier molecular flexibility index (Phi) is 3.65. The van der Waals surface area contributed by atoms with E-state index in [0.717, 1.165) is 0 Å². The molecule has 18 heavy (non-hydrogen) atoms. The van der Waals surface area contributed by atoms with Gasteiger partial charge in [-0.1, -0.05) is 19.9 Å². The Morgan fingerprint density at radius 3 is 2.11 bits per heavy atom. The number of nitrogens with two attached hydrogens (primary N) is 2. The summed E-state index contributed by atoms with van der Waals surface area (Å²) in [5, 5.41) is 11.1. The maximum absolute atomic E-state index is 11.3. The van der Waals surface area contributed by atoms with Crippen molar-refractivity contribution in [1.29, 1.82) is 0 Å². The van der Waals surface area contributed by atoms with Crippen LogP contribution in [0.15, 0.2) is 12.1 Å². The van der Waals surface area contributed by atoms with Crippen LogP contribution in [0.25, 0.3) is 0 Å². The van der Waals surface area contributed by atoms with Crippen LogP contribution in [0.1, 0.15) is 46.0 Å². The van der Waals surface area contributed by atoms with E-state index < -0.39 is 28.0 Å². The van der Waals surface area contributed by atoms with E-state index in [9.17, 15) is 19.7 Å². The molecule has 0 heterocycles. The van der Waals surface area contributed by atoms with E-state index in [-0.39, 0.29) is 11.5 Å². The van der Waals surface area contributed by atoms with E-state index >= 15 is 0 Å². The van der Waals surface area contributed by atoms with Crippen LogP contribution < -0.4 is 11.5 Å². The molecule has 0 atom stereocenters. The molecule has 0 radical (unpaired) electrons. The van der Waals surface area contributed by atoms with Gasteiger partial charge in [-0.05, 0) is 12.0 Å². The van der Waals surface area contributed by atoms with E-state index in [4.69, 9.17) is 11.5 Å². The Labute approximate surface area is 103 Å². The van der Waals surface area contributed by atoms with Gasteiger partial charge >= 0.3 is 0 Å². The summed E-state index contributed by atoms with van der Waals surface area (Å²) in [5.74, 6) is -2.16. The van der Waals surface area contributed by atoms with Gasteiger partial charge in [0.05, 0.1) is 10.5 Å². The molecule has 0 unspecified atom stereocenters. The van der Waals surface area contributed by atoms with Gasteiger partial charge in [0.1, 0.15) is 5.56 Å². The molecule has 0 aliphatic heterocycles. The highest BCUT2D eigenvalue weighted by molar-refractivity contribution is 6.09. The SMILES string of the molecule is CC(C)c1ccc(C(N)=O)c(C(N)=O)c1[N+](=O)[O-]. The van der Waals surface area contributed by atoms with E-state index in [1.165, 1.54) is 12.1 Å². The first-order valence-electron chi connectivity index (χ1n) is 5.18. The van der Waals surface area contributed by atoms with E-state index in [1.54, 1.807) is 13.8 Å². The van der Waals surface area contributed by atoms with Crippen molar-refractivity contribution in [3.63, 3.8) is 0 Å². The van der Waals surface area contributed by atoms with Crippen LogP contribution in [-0.2, 0) is 0 Å².